The van der Waals surface area contributed by atoms with E-state index >= 15 is 0 Å². The zero-order valence-electron chi connectivity index (χ0n) is 10.2. The van der Waals surface area contributed by atoms with Crippen LogP contribution in [0.25, 0.3) is 0 Å². The van der Waals surface area contributed by atoms with Gasteiger partial charge in [-0.3, -0.25) is 4.79 Å². The average Bonchev–Trinajstić information content (AvgIpc) is 2.27. The first-order chi connectivity index (χ1) is 8.58. The molecule has 1 aliphatic rings. The van der Waals surface area contributed by atoms with Crippen LogP contribution in [-0.2, 0) is 4.79 Å². The van der Waals surface area contributed by atoms with Crippen LogP contribution in [0.1, 0.15) is 18.5 Å². The number of rotatable bonds is 3. The van der Waals surface area contributed by atoms with Crippen molar-refractivity contribution in [2.24, 2.45) is 5.92 Å². The van der Waals surface area contributed by atoms with E-state index in [2.05, 4.69) is 5.32 Å². The van der Waals surface area contributed by atoms with Gasteiger partial charge in [0.2, 0.25) is 0 Å². The molecule has 1 saturated heterocycles. The number of hydrogen-bond donors (Lipinski definition) is 2. The van der Waals surface area contributed by atoms with Crippen molar-refractivity contribution in [2.45, 2.75) is 13.0 Å². The van der Waals surface area contributed by atoms with Crippen LogP contribution in [0.4, 0.5) is 4.79 Å². The Labute approximate surface area is 105 Å². The van der Waals surface area contributed by atoms with E-state index in [1.165, 1.54) is 4.90 Å². The molecule has 5 nitrogen and oxygen atoms in total. The van der Waals surface area contributed by atoms with Crippen molar-refractivity contribution >= 4 is 12.0 Å². The molecule has 2 rings (SSSR count). The minimum Gasteiger partial charge on any atom is -0.481 e. The molecular formula is C13H16N2O3. The topological polar surface area (TPSA) is 69.6 Å². The van der Waals surface area contributed by atoms with E-state index in [4.69, 9.17) is 5.11 Å². The number of nitrogens with zero attached hydrogens (tertiary/aromatic N) is 1. The lowest BCUT2D eigenvalue weighted by atomic mass is 10.0. The summed E-state index contributed by atoms with van der Waals surface area (Å²) in [4.78, 5) is 23.9. The second kappa shape index (κ2) is 5.08. The quantitative estimate of drug-likeness (QED) is 0.851. The third-order valence-electron chi connectivity index (χ3n) is 3.16. The van der Waals surface area contributed by atoms with Crippen LogP contribution in [0.15, 0.2) is 30.3 Å². The largest absolute Gasteiger partial charge is 0.481 e. The second-order valence-electron chi connectivity index (χ2n) is 4.52. The van der Waals surface area contributed by atoms with E-state index in [1.807, 2.05) is 37.3 Å². The van der Waals surface area contributed by atoms with E-state index in [0.717, 1.165) is 5.56 Å². The lowest BCUT2D eigenvalue weighted by Gasteiger charge is -2.37. The number of carboxylic acid groups (broad SMARTS) is 1. The predicted molar refractivity (Wildman–Crippen MR) is 66.1 cm³/mol. The van der Waals surface area contributed by atoms with Gasteiger partial charge in [-0.2, -0.15) is 0 Å². The van der Waals surface area contributed by atoms with Crippen LogP contribution in [-0.4, -0.2) is 35.1 Å². The summed E-state index contributed by atoms with van der Waals surface area (Å²) < 4.78 is 0. The average molecular weight is 248 g/mol. The Balaban J connectivity index is 1.84. The molecule has 1 aromatic carbocycles. The fourth-order valence-corrected chi connectivity index (χ4v) is 1.90. The normalized spacial score (nSPS) is 16.8. The van der Waals surface area contributed by atoms with Gasteiger partial charge in [0, 0.05) is 13.1 Å². The molecule has 0 spiro atoms. The number of benzene rings is 1. The monoisotopic (exact) mass is 248 g/mol. The Morgan fingerprint density at radius 1 is 1.33 bits per heavy atom. The minimum atomic E-state index is -0.838. The highest BCUT2D eigenvalue weighted by molar-refractivity contribution is 5.80. The SMILES string of the molecule is CC(NC(=O)N1CC(C(=O)O)C1)c1ccccc1. The number of aliphatic carboxylic acids is 1. The summed E-state index contributed by atoms with van der Waals surface area (Å²) in [6.45, 7) is 2.49. The number of carbonyl (C=O) groups is 2. The maximum absolute atomic E-state index is 11.8. The molecule has 1 atom stereocenters. The molecule has 18 heavy (non-hydrogen) atoms. The van der Waals surface area contributed by atoms with Crippen LogP contribution in [0.2, 0.25) is 0 Å². The first-order valence-corrected chi connectivity index (χ1v) is 5.91. The Kier molecular flexibility index (Phi) is 3.50. The first-order valence-electron chi connectivity index (χ1n) is 5.91. The Morgan fingerprint density at radius 3 is 2.50 bits per heavy atom. The Morgan fingerprint density at radius 2 is 1.94 bits per heavy atom. The summed E-state index contributed by atoms with van der Waals surface area (Å²) in [6.07, 6.45) is 0. The lowest BCUT2D eigenvalue weighted by Crippen LogP contribution is -2.56. The molecule has 0 aliphatic carbocycles. The standard InChI is InChI=1S/C13H16N2O3/c1-9(10-5-3-2-4-6-10)14-13(18)15-7-11(8-15)12(16)17/h2-6,9,11H,7-8H2,1H3,(H,14,18)(H,16,17). The first kappa shape index (κ1) is 12.4. The molecule has 1 aromatic rings. The minimum absolute atomic E-state index is 0.0809. The van der Waals surface area contributed by atoms with E-state index < -0.39 is 11.9 Å². The summed E-state index contributed by atoms with van der Waals surface area (Å²) in [5, 5.41) is 11.6. The summed E-state index contributed by atoms with van der Waals surface area (Å²) in [6, 6.07) is 9.36. The molecule has 1 fully saturated rings. The van der Waals surface area contributed by atoms with Gasteiger partial charge in [-0.1, -0.05) is 30.3 Å². The molecule has 1 heterocycles. The second-order valence-corrected chi connectivity index (χ2v) is 4.52. The Bertz CT molecular complexity index is 441. The van der Waals surface area contributed by atoms with Crippen molar-refractivity contribution in [1.29, 1.82) is 0 Å². The van der Waals surface area contributed by atoms with E-state index in [1.54, 1.807) is 0 Å². The molecule has 0 bridgehead atoms. The van der Waals surface area contributed by atoms with Gasteiger partial charge in [-0.25, -0.2) is 4.79 Å². The number of carbonyl (C=O) groups excluding carboxylic acids is 1. The van der Waals surface area contributed by atoms with Gasteiger partial charge in [0.05, 0.1) is 12.0 Å². The number of nitrogens with one attached hydrogen (secondary N) is 1. The zero-order chi connectivity index (χ0) is 13.1. The molecule has 96 valence electrons. The Hall–Kier alpha value is -2.04. The summed E-state index contributed by atoms with van der Waals surface area (Å²) >= 11 is 0. The summed E-state index contributed by atoms with van der Waals surface area (Å²) in [5.41, 5.74) is 1.03. The summed E-state index contributed by atoms with van der Waals surface area (Å²) in [7, 11) is 0. The maximum atomic E-state index is 11.8. The van der Waals surface area contributed by atoms with Gasteiger partial charge >= 0.3 is 12.0 Å². The molecule has 0 aromatic heterocycles. The van der Waals surface area contributed by atoms with Gasteiger partial charge < -0.3 is 15.3 Å². The highest BCUT2D eigenvalue weighted by Crippen LogP contribution is 2.17. The third kappa shape index (κ3) is 2.61. The van der Waals surface area contributed by atoms with Crippen molar-refractivity contribution in [3.8, 4) is 0 Å². The van der Waals surface area contributed by atoms with Gasteiger partial charge in [0.15, 0.2) is 0 Å². The number of likely N-dealkylation sites (tertiary alicyclic amines) is 1. The predicted octanol–water partition coefficient (Wildman–Crippen LogP) is 1.47. The number of amides is 2. The third-order valence-corrected chi connectivity index (χ3v) is 3.16. The van der Waals surface area contributed by atoms with Crippen LogP contribution in [0.3, 0.4) is 0 Å². The van der Waals surface area contributed by atoms with Gasteiger partial charge in [0.1, 0.15) is 0 Å². The smallest absolute Gasteiger partial charge is 0.317 e. The van der Waals surface area contributed by atoms with Crippen molar-refractivity contribution < 1.29 is 14.7 Å². The van der Waals surface area contributed by atoms with E-state index in [9.17, 15) is 9.59 Å². The highest BCUT2D eigenvalue weighted by Gasteiger charge is 2.35. The van der Waals surface area contributed by atoms with Gasteiger partial charge in [-0.15, -0.1) is 0 Å². The fraction of sp³-hybridized carbons (Fsp3) is 0.385. The number of urea groups is 1. The maximum Gasteiger partial charge on any atom is 0.317 e. The van der Waals surface area contributed by atoms with Gasteiger partial charge in [0.25, 0.3) is 0 Å². The van der Waals surface area contributed by atoms with E-state index in [0.29, 0.717) is 13.1 Å². The fourth-order valence-electron chi connectivity index (χ4n) is 1.90. The molecule has 1 aliphatic heterocycles. The molecule has 2 N–H and O–H groups in total. The van der Waals surface area contributed by atoms with Crippen molar-refractivity contribution in [1.82, 2.24) is 10.2 Å². The molecule has 0 saturated carbocycles. The highest BCUT2D eigenvalue weighted by atomic mass is 16.4. The van der Waals surface area contributed by atoms with E-state index in [-0.39, 0.29) is 12.1 Å². The van der Waals surface area contributed by atoms with Crippen LogP contribution in [0.5, 0.6) is 0 Å². The van der Waals surface area contributed by atoms with Crippen LogP contribution >= 0.6 is 0 Å². The summed E-state index contributed by atoms with van der Waals surface area (Å²) in [5.74, 6) is -1.25. The van der Waals surface area contributed by atoms with Crippen molar-refractivity contribution in [3.63, 3.8) is 0 Å². The number of carboxylic acids is 1. The lowest BCUT2D eigenvalue weighted by molar-refractivity contribution is -0.146. The van der Waals surface area contributed by atoms with Crippen molar-refractivity contribution in [3.05, 3.63) is 35.9 Å². The van der Waals surface area contributed by atoms with Gasteiger partial charge in [-0.05, 0) is 12.5 Å². The molecule has 5 heteroatoms. The van der Waals surface area contributed by atoms with Crippen molar-refractivity contribution in [2.75, 3.05) is 13.1 Å². The van der Waals surface area contributed by atoms with Crippen LogP contribution < -0.4 is 5.32 Å². The zero-order valence-corrected chi connectivity index (χ0v) is 10.2. The molecule has 0 radical (unpaired) electrons. The molecule has 1 unspecified atom stereocenters. The van der Waals surface area contributed by atoms with Crippen LogP contribution in [0, 0.1) is 5.92 Å². The molecular weight excluding hydrogens is 232 g/mol. The molecule has 2 amide bonds. The number of hydrogen-bond acceptors (Lipinski definition) is 2.